The average Bonchev–Trinajstić information content (AvgIpc) is 2.28. The molecule has 0 saturated carbocycles. The van der Waals surface area contributed by atoms with Crippen LogP contribution in [0.1, 0.15) is 26.3 Å². The van der Waals surface area contributed by atoms with Gasteiger partial charge in [0, 0.05) is 5.69 Å². The number of hydrogen-bond acceptors (Lipinski definition) is 2. The molecule has 1 atom stereocenters. The van der Waals surface area contributed by atoms with Gasteiger partial charge in [-0.2, -0.15) is 0 Å². The van der Waals surface area contributed by atoms with Crippen molar-refractivity contribution >= 4 is 11.6 Å². The molecule has 2 N–H and O–H groups in total. The van der Waals surface area contributed by atoms with Crippen molar-refractivity contribution < 1.29 is 4.79 Å². The molecule has 0 aliphatic carbocycles. The van der Waals surface area contributed by atoms with Crippen molar-refractivity contribution in [2.24, 2.45) is 5.92 Å². The fourth-order valence-corrected chi connectivity index (χ4v) is 1.39. The smallest absolute Gasteiger partial charge is 0.241 e. The van der Waals surface area contributed by atoms with Gasteiger partial charge in [0.2, 0.25) is 5.91 Å². The van der Waals surface area contributed by atoms with Crippen molar-refractivity contribution in [3.8, 4) is 0 Å². The fourth-order valence-electron chi connectivity index (χ4n) is 1.39. The predicted molar refractivity (Wildman–Crippen MR) is 72.1 cm³/mol. The normalized spacial score (nSPS) is 12.5. The van der Waals surface area contributed by atoms with Gasteiger partial charge >= 0.3 is 0 Å². The van der Waals surface area contributed by atoms with Gasteiger partial charge in [0.25, 0.3) is 0 Å². The van der Waals surface area contributed by atoms with Crippen molar-refractivity contribution in [1.29, 1.82) is 0 Å². The molecule has 3 nitrogen and oxygen atoms in total. The maximum atomic E-state index is 11.8. The van der Waals surface area contributed by atoms with Gasteiger partial charge < -0.3 is 10.6 Å². The number of rotatable bonds is 5. The van der Waals surface area contributed by atoms with Gasteiger partial charge in [0.1, 0.15) is 0 Å². The lowest BCUT2D eigenvalue weighted by Gasteiger charge is -2.15. The molecule has 0 aliphatic heterocycles. The Balaban J connectivity index is 2.45. The van der Waals surface area contributed by atoms with Gasteiger partial charge in [-0.1, -0.05) is 31.5 Å². The number of hydrogen-bond donors (Lipinski definition) is 2. The topological polar surface area (TPSA) is 41.1 Å². The molecule has 0 spiro atoms. The van der Waals surface area contributed by atoms with Gasteiger partial charge in [-0.15, -0.1) is 0 Å². The van der Waals surface area contributed by atoms with Crippen LogP contribution in [0.5, 0.6) is 0 Å². The van der Waals surface area contributed by atoms with E-state index in [1.165, 1.54) is 5.56 Å². The molecule has 0 radical (unpaired) electrons. The molecule has 0 saturated heterocycles. The number of anilines is 1. The van der Waals surface area contributed by atoms with Gasteiger partial charge in [-0.05, 0) is 38.4 Å². The molecule has 1 aromatic carbocycles. The maximum absolute atomic E-state index is 11.8. The molecule has 1 amide bonds. The Morgan fingerprint density at radius 1 is 1.18 bits per heavy atom. The molecule has 0 heterocycles. The molecule has 1 rings (SSSR count). The summed E-state index contributed by atoms with van der Waals surface area (Å²) < 4.78 is 0. The lowest BCUT2D eigenvalue weighted by Crippen LogP contribution is -2.39. The zero-order chi connectivity index (χ0) is 12.8. The molecule has 1 aromatic rings. The maximum Gasteiger partial charge on any atom is 0.241 e. The zero-order valence-corrected chi connectivity index (χ0v) is 11.1. The first-order chi connectivity index (χ1) is 7.99. The molecule has 0 fully saturated rings. The second-order valence-corrected chi connectivity index (χ2v) is 4.88. The third kappa shape index (κ3) is 5.00. The van der Waals surface area contributed by atoms with E-state index >= 15 is 0 Å². The van der Waals surface area contributed by atoms with Crippen molar-refractivity contribution in [3.63, 3.8) is 0 Å². The van der Waals surface area contributed by atoms with Crippen LogP contribution in [0, 0.1) is 12.8 Å². The summed E-state index contributed by atoms with van der Waals surface area (Å²) in [4.78, 5) is 11.8. The van der Waals surface area contributed by atoms with Crippen LogP contribution in [0.4, 0.5) is 5.69 Å². The summed E-state index contributed by atoms with van der Waals surface area (Å²) in [5.74, 6) is 0.555. The molecule has 0 aliphatic rings. The molecule has 94 valence electrons. The lowest BCUT2D eigenvalue weighted by atomic mass is 10.2. The standard InChI is InChI=1S/C14H22N2O/c1-10(2)9-15-12(4)14(17)16-13-7-5-11(3)6-8-13/h5-8,10,12,15H,9H2,1-4H3,(H,16,17)/t12-/m0/s1. The highest BCUT2D eigenvalue weighted by atomic mass is 16.2. The fraction of sp³-hybridized carbons (Fsp3) is 0.500. The molecule has 0 aromatic heterocycles. The highest BCUT2D eigenvalue weighted by Crippen LogP contribution is 2.08. The number of amides is 1. The number of carbonyl (C=O) groups is 1. The minimum Gasteiger partial charge on any atom is -0.325 e. The summed E-state index contributed by atoms with van der Waals surface area (Å²) in [7, 11) is 0. The number of carbonyl (C=O) groups excluding carboxylic acids is 1. The average molecular weight is 234 g/mol. The van der Waals surface area contributed by atoms with Crippen LogP contribution >= 0.6 is 0 Å². The van der Waals surface area contributed by atoms with Gasteiger partial charge in [-0.3, -0.25) is 4.79 Å². The van der Waals surface area contributed by atoms with Crippen LogP contribution in [-0.2, 0) is 4.79 Å². The SMILES string of the molecule is Cc1ccc(NC(=O)[C@H](C)NCC(C)C)cc1. The highest BCUT2D eigenvalue weighted by molar-refractivity contribution is 5.94. The number of nitrogens with one attached hydrogen (secondary N) is 2. The third-order valence-corrected chi connectivity index (χ3v) is 2.54. The quantitative estimate of drug-likeness (QED) is 0.822. The van der Waals surface area contributed by atoms with Crippen LogP contribution in [0.3, 0.4) is 0 Å². The summed E-state index contributed by atoms with van der Waals surface area (Å²) in [5, 5.41) is 6.09. The Morgan fingerprint density at radius 2 is 1.76 bits per heavy atom. The largest absolute Gasteiger partial charge is 0.325 e. The summed E-state index contributed by atoms with van der Waals surface area (Å²) in [6, 6.07) is 7.65. The molecule has 17 heavy (non-hydrogen) atoms. The van der Waals surface area contributed by atoms with Crippen molar-refractivity contribution in [1.82, 2.24) is 5.32 Å². The predicted octanol–water partition coefficient (Wildman–Crippen LogP) is 2.57. The van der Waals surface area contributed by atoms with E-state index in [1.54, 1.807) is 0 Å². The van der Waals surface area contributed by atoms with E-state index in [9.17, 15) is 4.79 Å². The minimum atomic E-state index is -0.168. The minimum absolute atomic E-state index is 0.00880. The molecule has 0 unspecified atom stereocenters. The van der Waals surface area contributed by atoms with E-state index in [0.29, 0.717) is 5.92 Å². The Hall–Kier alpha value is -1.35. The number of aryl methyl sites for hydroxylation is 1. The highest BCUT2D eigenvalue weighted by Gasteiger charge is 2.12. The van der Waals surface area contributed by atoms with E-state index in [4.69, 9.17) is 0 Å². The van der Waals surface area contributed by atoms with E-state index in [1.807, 2.05) is 38.1 Å². The first-order valence-corrected chi connectivity index (χ1v) is 6.10. The first kappa shape index (κ1) is 13.7. The molecular weight excluding hydrogens is 212 g/mol. The first-order valence-electron chi connectivity index (χ1n) is 6.10. The van der Waals surface area contributed by atoms with Gasteiger partial charge in [0.15, 0.2) is 0 Å². The van der Waals surface area contributed by atoms with Crippen LogP contribution in [0.15, 0.2) is 24.3 Å². The van der Waals surface area contributed by atoms with E-state index in [2.05, 4.69) is 24.5 Å². The van der Waals surface area contributed by atoms with Gasteiger partial charge in [-0.25, -0.2) is 0 Å². The van der Waals surface area contributed by atoms with Crippen molar-refractivity contribution in [2.75, 3.05) is 11.9 Å². The van der Waals surface area contributed by atoms with E-state index in [-0.39, 0.29) is 11.9 Å². The molecule has 3 heteroatoms. The summed E-state index contributed by atoms with van der Waals surface area (Å²) in [6.45, 7) is 9.00. The van der Waals surface area contributed by atoms with Crippen LogP contribution in [0.25, 0.3) is 0 Å². The molecule has 0 bridgehead atoms. The Kier molecular flexibility index (Phi) is 5.16. The Bertz CT molecular complexity index is 357. The van der Waals surface area contributed by atoms with Crippen LogP contribution in [-0.4, -0.2) is 18.5 Å². The summed E-state index contributed by atoms with van der Waals surface area (Å²) in [5.41, 5.74) is 2.03. The van der Waals surface area contributed by atoms with Crippen LogP contribution < -0.4 is 10.6 Å². The Labute approximate surface area is 104 Å². The van der Waals surface area contributed by atoms with Gasteiger partial charge in [0.05, 0.1) is 6.04 Å². The van der Waals surface area contributed by atoms with E-state index in [0.717, 1.165) is 12.2 Å². The van der Waals surface area contributed by atoms with Crippen molar-refractivity contribution in [3.05, 3.63) is 29.8 Å². The van der Waals surface area contributed by atoms with Crippen molar-refractivity contribution in [2.45, 2.75) is 33.7 Å². The van der Waals surface area contributed by atoms with E-state index < -0.39 is 0 Å². The second-order valence-electron chi connectivity index (χ2n) is 4.88. The Morgan fingerprint density at radius 3 is 2.29 bits per heavy atom. The molecular formula is C14H22N2O. The monoisotopic (exact) mass is 234 g/mol. The van der Waals surface area contributed by atoms with Crippen LogP contribution in [0.2, 0.25) is 0 Å². The summed E-state index contributed by atoms with van der Waals surface area (Å²) >= 11 is 0. The second kappa shape index (κ2) is 6.40. The lowest BCUT2D eigenvalue weighted by molar-refractivity contribution is -0.117. The number of benzene rings is 1. The zero-order valence-electron chi connectivity index (χ0n) is 11.1. The summed E-state index contributed by atoms with van der Waals surface area (Å²) in [6.07, 6.45) is 0. The third-order valence-electron chi connectivity index (χ3n) is 2.54.